The summed E-state index contributed by atoms with van der Waals surface area (Å²) in [5.41, 5.74) is 0.719. The number of hydrogen-bond donors (Lipinski definition) is 1. The second-order valence-corrected chi connectivity index (χ2v) is 3.84. The van der Waals surface area contributed by atoms with E-state index >= 15 is 0 Å². The van der Waals surface area contributed by atoms with Gasteiger partial charge in [0, 0.05) is 31.9 Å². The van der Waals surface area contributed by atoms with Gasteiger partial charge in [0.1, 0.15) is 6.04 Å². The van der Waals surface area contributed by atoms with E-state index < -0.39 is 12.0 Å². The lowest BCUT2D eigenvalue weighted by Crippen LogP contribution is -2.42. The SMILES string of the molecule is Cn1cc([C@@H](C(=O)O)N2CCOCC2)cn1. The molecular formula is C10H15N3O3. The van der Waals surface area contributed by atoms with Gasteiger partial charge < -0.3 is 9.84 Å². The number of carbonyl (C=O) groups is 1. The van der Waals surface area contributed by atoms with E-state index in [4.69, 9.17) is 4.74 Å². The maximum atomic E-state index is 11.3. The Bertz CT molecular complexity index is 371. The summed E-state index contributed by atoms with van der Waals surface area (Å²) in [6.45, 7) is 2.46. The number of carboxylic acid groups (broad SMARTS) is 1. The second kappa shape index (κ2) is 4.63. The molecule has 0 aliphatic carbocycles. The largest absolute Gasteiger partial charge is 0.480 e. The van der Waals surface area contributed by atoms with Crippen molar-refractivity contribution in [3.63, 3.8) is 0 Å². The van der Waals surface area contributed by atoms with E-state index in [0.717, 1.165) is 5.56 Å². The Morgan fingerprint density at radius 2 is 2.25 bits per heavy atom. The summed E-state index contributed by atoms with van der Waals surface area (Å²) < 4.78 is 6.83. The van der Waals surface area contributed by atoms with Crippen LogP contribution in [0.15, 0.2) is 12.4 Å². The maximum Gasteiger partial charge on any atom is 0.325 e. The van der Waals surface area contributed by atoms with E-state index in [1.165, 1.54) is 0 Å². The lowest BCUT2D eigenvalue weighted by atomic mass is 10.1. The monoisotopic (exact) mass is 225 g/mol. The molecule has 0 amide bonds. The summed E-state index contributed by atoms with van der Waals surface area (Å²) in [4.78, 5) is 13.2. The lowest BCUT2D eigenvalue weighted by Gasteiger charge is -2.31. The Kier molecular flexibility index (Phi) is 3.21. The van der Waals surface area contributed by atoms with Crippen molar-refractivity contribution < 1.29 is 14.6 Å². The van der Waals surface area contributed by atoms with E-state index in [9.17, 15) is 9.90 Å². The van der Waals surface area contributed by atoms with Gasteiger partial charge in [0.15, 0.2) is 0 Å². The van der Waals surface area contributed by atoms with E-state index in [-0.39, 0.29) is 0 Å². The van der Waals surface area contributed by atoms with Gasteiger partial charge in [-0.05, 0) is 0 Å². The van der Waals surface area contributed by atoms with Crippen LogP contribution in [0.1, 0.15) is 11.6 Å². The number of morpholine rings is 1. The molecule has 1 N–H and O–H groups in total. The summed E-state index contributed by atoms with van der Waals surface area (Å²) in [6, 6.07) is -0.613. The first-order valence-electron chi connectivity index (χ1n) is 5.21. The predicted octanol–water partition coefficient (Wildman–Crippen LogP) is -0.122. The van der Waals surface area contributed by atoms with Gasteiger partial charge in [0.2, 0.25) is 0 Å². The number of ether oxygens (including phenoxy) is 1. The highest BCUT2D eigenvalue weighted by Gasteiger charge is 2.29. The third kappa shape index (κ3) is 2.23. The first-order chi connectivity index (χ1) is 7.68. The molecule has 1 aromatic rings. The Morgan fingerprint density at radius 3 is 2.75 bits per heavy atom. The number of aryl methyl sites for hydroxylation is 1. The van der Waals surface area contributed by atoms with Crippen molar-refractivity contribution in [2.45, 2.75) is 6.04 Å². The van der Waals surface area contributed by atoms with Crippen LogP contribution in [0, 0.1) is 0 Å². The molecule has 1 fully saturated rings. The molecule has 6 nitrogen and oxygen atoms in total. The molecule has 0 saturated carbocycles. The number of carboxylic acids is 1. The lowest BCUT2D eigenvalue weighted by molar-refractivity contribution is -0.145. The van der Waals surface area contributed by atoms with Crippen molar-refractivity contribution in [1.82, 2.24) is 14.7 Å². The molecule has 6 heteroatoms. The maximum absolute atomic E-state index is 11.3. The van der Waals surface area contributed by atoms with Crippen molar-refractivity contribution in [3.8, 4) is 0 Å². The highest BCUT2D eigenvalue weighted by molar-refractivity contribution is 5.75. The zero-order chi connectivity index (χ0) is 11.5. The van der Waals surface area contributed by atoms with Crippen molar-refractivity contribution in [2.24, 2.45) is 7.05 Å². The smallest absolute Gasteiger partial charge is 0.325 e. The highest BCUT2D eigenvalue weighted by atomic mass is 16.5. The van der Waals surface area contributed by atoms with Gasteiger partial charge in [0.05, 0.1) is 19.4 Å². The van der Waals surface area contributed by atoms with Gasteiger partial charge in [-0.1, -0.05) is 0 Å². The molecule has 2 rings (SSSR count). The first-order valence-corrected chi connectivity index (χ1v) is 5.21. The standard InChI is InChI=1S/C10H15N3O3/c1-12-7-8(6-11-12)9(10(14)15)13-2-4-16-5-3-13/h6-7,9H,2-5H2,1H3,(H,14,15)/t9-/m0/s1. The number of rotatable bonds is 3. The average molecular weight is 225 g/mol. The van der Waals surface area contributed by atoms with Crippen molar-refractivity contribution in [2.75, 3.05) is 26.3 Å². The van der Waals surface area contributed by atoms with Crippen LogP contribution in [0.2, 0.25) is 0 Å². The minimum atomic E-state index is -0.838. The van der Waals surface area contributed by atoms with Gasteiger partial charge in [-0.2, -0.15) is 5.10 Å². The van der Waals surface area contributed by atoms with Crippen LogP contribution in [0.25, 0.3) is 0 Å². The molecule has 0 aromatic carbocycles. The Labute approximate surface area is 93.4 Å². The summed E-state index contributed by atoms with van der Waals surface area (Å²) in [6.07, 6.45) is 3.35. The molecule has 1 aliphatic heterocycles. The first kappa shape index (κ1) is 11.1. The van der Waals surface area contributed by atoms with Gasteiger partial charge in [-0.3, -0.25) is 14.4 Å². The second-order valence-electron chi connectivity index (χ2n) is 3.84. The Balaban J connectivity index is 2.19. The summed E-state index contributed by atoms with van der Waals surface area (Å²) in [5.74, 6) is -0.838. The van der Waals surface area contributed by atoms with Crippen LogP contribution < -0.4 is 0 Å². The molecule has 0 bridgehead atoms. The fourth-order valence-corrected chi connectivity index (χ4v) is 1.93. The topological polar surface area (TPSA) is 67.6 Å². The Hall–Kier alpha value is -1.40. The van der Waals surface area contributed by atoms with Crippen molar-refractivity contribution >= 4 is 5.97 Å². The van der Waals surface area contributed by atoms with Gasteiger partial charge in [0.25, 0.3) is 0 Å². The quantitative estimate of drug-likeness (QED) is 0.776. The molecule has 0 spiro atoms. The summed E-state index contributed by atoms with van der Waals surface area (Å²) >= 11 is 0. The van der Waals surface area contributed by atoms with Crippen LogP contribution in [0.3, 0.4) is 0 Å². The predicted molar refractivity (Wildman–Crippen MR) is 56.0 cm³/mol. The molecule has 2 heterocycles. The van der Waals surface area contributed by atoms with Crippen LogP contribution in [-0.2, 0) is 16.6 Å². The summed E-state index contributed by atoms with van der Waals surface area (Å²) in [5, 5.41) is 13.3. The van der Waals surface area contributed by atoms with Crippen molar-refractivity contribution in [1.29, 1.82) is 0 Å². The number of aliphatic carboxylic acids is 1. The van der Waals surface area contributed by atoms with Gasteiger partial charge in [-0.15, -0.1) is 0 Å². The molecule has 0 radical (unpaired) electrons. The number of aromatic nitrogens is 2. The number of hydrogen-bond acceptors (Lipinski definition) is 4. The molecule has 1 aliphatic rings. The Morgan fingerprint density at radius 1 is 1.56 bits per heavy atom. The van der Waals surface area contributed by atoms with Crippen LogP contribution in [-0.4, -0.2) is 52.1 Å². The van der Waals surface area contributed by atoms with Crippen LogP contribution in [0.4, 0.5) is 0 Å². The van der Waals surface area contributed by atoms with Gasteiger partial charge in [-0.25, -0.2) is 0 Å². The minimum absolute atomic E-state index is 0.587. The third-order valence-corrected chi connectivity index (χ3v) is 2.69. The fourth-order valence-electron chi connectivity index (χ4n) is 1.93. The zero-order valence-electron chi connectivity index (χ0n) is 9.17. The average Bonchev–Trinajstić information content (AvgIpc) is 2.66. The van der Waals surface area contributed by atoms with E-state index in [1.807, 2.05) is 4.90 Å². The van der Waals surface area contributed by atoms with Gasteiger partial charge >= 0.3 is 5.97 Å². The van der Waals surface area contributed by atoms with Crippen molar-refractivity contribution in [3.05, 3.63) is 18.0 Å². The molecule has 1 saturated heterocycles. The summed E-state index contributed by atoms with van der Waals surface area (Å²) in [7, 11) is 1.78. The molecule has 1 atom stereocenters. The van der Waals surface area contributed by atoms with E-state index in [0.29, 0.717) is 26.3 Å². The molecule has 16 heavy (non-hydrogen) atoms. The zero-order valence-corrected chi connectivity index (χ0v) is 9.17. The molecule has 1 aromatic heterocycles. The fraction of sp³-hybridized carbons (Fsp3) is 0.600. The third-order valence-electron chi connectivity index (χ3n) is 2.69. The number of nitrogens with zero attached hydrogens (tertiary/aromatic N) is 3. The normalized spacial score (nSPS) is 19.6. The van der Waals surface area contributed by atoms with E-state index in [1.54, 1.807) is 24.1 Å². The van der Waals surface area contributed by atoms with Crippen LogP contribution in [0.5, 0.6) is 0 Å². The minimum Gasteiger partial charge on any atom is -0.480 e. The molecule has 88 valence electrons. The van der Waals surface area contributed by atoms with Crippen LogP contribution >= 0.6 is 0 Å². The highest BCUT2D eigenvalue weighted by Crippen LogP contribution is 2.21. The molecular weight excluding hydrogens is 210 g/mol. The van der Waals surface area contributed by atoms with E-state index in [2.05, 4.69) is 5.10 Å². The molecule has 0 unspecified atom stereocenters.